The zero-order chi connectivity index (χ0) is 18.4. The average Bonchev–Trinajstić information content (AvgIpc) is 3.12. The van der Waals surface area contributed by atoms with Gasteiger partial charge in [-0.15, -0.1) is 0 Å². The summed E-state index contributed by atoms with van der Waals surface area (Å²) in [6.07, 6.45) is 2.21. The molecule has 0 saturated carbocycles. The highest BCUT2D eigenvalue weighted by Gasteiger charge is 2.17. The minimum Gasteiger partial charge on any atom is -0.489 e. The molecule has 0 aliphatic carbocycles. The summed E-state index contributed by atoms with van der Waals surface area (Å²) < 4.78 is 17.0. The summed E-state index contributed by atoms with van der Waals surface area (Å²) in [5.41, 5.74) is 2.85. The maximum Gasteiger partial charge on any atom is 0.262 e. The summed E-state index contributed by atoms with van der Waals surface area (Å²) in [5.74, 6) is 1.11. The number of para-hydroxylation sites is 2. The summed E-state index contributed by atoms with van der Waals surface area (Å²) >= 11 is 0. The molecular formula is C21H25NO4. The second-order valence-electron chi connectivity index (χ2n) is 6.60. The summed E-state index contributed by atoms with van der Waals surface area (Å²) in [5, 5.41) is 2.86. The molecular weight excluding hydrogens is 330 g/mol. The van der Waals surface area contributed by atoms with Gasteiger partial charge < -0.3 is 19.5 Å². The lowest BCUT2D eigenvalue weighted by molar-refractivity contribution is -0.118. The molecule has 0 bridgehead atoms. The molecule has 1 aliphatic heterocycles. The Hall–Kier alpha value is -2.53. The van der Waals surface area contributed by atoms with E-state index in [2.05, 4.69) is 11.4 Å². The normalized spacial score (nSPS) is 16.3. The van der Waals surface area contributed by atoms with Gasteiger partial charge in [-0.2, -0.15) is 0 Å². The average molecular weight is 355 g/mol. The van der Waals surface area contributed by atoms with E-state index in [-0.39, 0.29) is 18.6 Å². The molecule has 0 radical (unpaired) electrons. The third-order valence-electron chi connectivity index (χ3n) is 4.17. The lowest BCUT2D eigenvalue weighted by Crippen LogP contribution is -2.21. The Morgan fingerprint density at radius 1 is 1.15 bits per heavy atom. The molecule has 1 N–H and O–H groups in total. The first-order valence-corrected chi connectivity index (χ1v) is 8.94. The van der Waals surface area contributed by atoms with Gasteiger partial charge in [0.05, 0.1) is 11.8 Å². The molecule has 5 heteroatoms. The second kappa shape index (κ2) is 8.72. The van der Waals surface area contributed by atoms with Crippen molar-refractivity contribution in [2.45, 2.75) is 32.8 Å². The quantitative estimate of drug-likeness (QED) is 0.819. The molecule has 0 aromatic heterocycles. The van der Waals surface area contributed by atoms with Crippen LogP contribution in [0, 0.1) is 13.8 Å². The molecule has 1 amide bonds. The van der Waals surface area contributed by atoms with Crippen molar-refractivity contribution >= 4 is 11.6 Å². The van der Waals surface area contributed by atoms with Crippen LogP contribution in [0.1, 0.15) is 24.0 Å². The topological polar surface area (TPSA) is 56.8 Å². The number of amides is 1. The minimum absolute atomic E-state index is 0.0526. The Balaban J connectivity index is 1.54. The maximum atomic E-state index is 12.3. The number of carbonyl (C=O) groups excluding carboxylic acids is 1. The standard InChI is InChI=1S/C21H25NO4/c1-15-10-16(2)12-18(11-15)25-14-21(23)22-19-7-3-4-8-20(19)26-13-17-6-5-9-24-17/h3-4,7-8,10-12,17H,5-6,9,13-14H2,1-2H3,(H,22,23)/t17-/m0/s1. The fourth-order valence-corrected chi connectivity index (χ4v) is 3.01. The number of hydrogen-bond donors (Lipinski definition) is 1. The number of hydrogen-bond acceptors (Lipinski definition) is 4. The fourth-order valence-electron chi connectivity index (χ4n) is 3.01. The summed E-state index contributed by atoms with van der Waals surface area (Å²) in [6, 6.07) is 13.3. The molecule has 138 valence electrons. The van der Waals surface area contributed by atoms with Crippen molar-refractivity contribution in [1.82, 2.24) is 0 Å². The van der Waals surface area contributed by atoms with Gasteiger partial charge in [0, 0.05) is 6.61 Å². The smallest absolute Gasteiger partial charge is 0.262 e. The van der Waals surface area contributed by atoms with Crippen molar-refractivity contribution in [3.63, 3.8) is 0 Å². The molecule has 1 heterocycles. The molecule has 1 aliphatic rings. The van der Waals surface area contributed by atoms with E-state index >= 15 is 0 Å². The highest BCUT2D eigenvalue weighted by Crippen LogP contribution is 2.25. The predicted octanol–water partition coefficient (Wildman–Crippen LogP) is 3.88. The van der Waals surface area contributed by atoms with E-state index in [0.717, 1.165) is 30.6 Å². The Morgan fingerprint density at radius 3 is 2.65 bits per heavy atom. The van der Waals surface area contributed by atoms with Gasteiger partial charge in [-0.05, 0) is 62.1 Å². The zero-order valence-electron chi connectivity index (χ0n) is 15.3. The van der Waals surface area contributed by atoms with Gasteiger partial charge in [0.15, 0.2) is 6.61 Å². The van der Waals surface area contributed by atoms with Crippen LogP contribution >= 0.6 is 0 Å². The van der Waals surface area contributed by atoms with Gasteiger partial charge >= 0.3 is 0 Å². The van der Waals surface area contributed by atoms with Crippen LogP contribution in [-0.2, 0) is 9.53 Å². The van der Waals surface area contributed by atoms with Crippen LogP contribution in [0.4, 0.5) is 5.69 Å². The Morgan fingerprint density at radius 2 is 1.92 bits per heavy atom. The number of anilines is 1. The van der Waals surface area contributed by atoms with Crippen molar-refractivity contribution in [3.05, 3.63) is 53.6 Å². The molecule has 2 aromatic carbocycles. The van der Waals surface area contributed by atoms with E-state index in [0.29, 0.717) is 23.8 Å². The van der Waals surface area contributed by atoms with Crippen LogP contribution in [-0.4, -0.2) is 31.8 Å². The van der Waals surface area contributed by atoms with Crippen LogP contribution in [0.15, 0.2) is 42.5 Å². The fraction of sp³-hybridized carbons (Fsp3) is 0.381. The number of rotatable bonds is 7. The van der Waals surface area contributed by atoms with Crippen LogP contribution < -0.4 is 14.8 Å². The van der Waals surface area contributed by atoms with Crippen molar-refractivity contribution < 1.29 is 19.0 Å². The number of carbonyl (C=O) groups is 1. The van der Waals surface area contributed by atoms with Crippen molar-refractivity contribution in [2.75, 3.05) is 25.1 Å². The van der Waals surface area contributed by atoms with Crippen LogP contribution in [0.2, 0.25) is 0 Å². The Kier molecular flexibility index (Phi) is 6.12. The molecule has 2 aromatic rings. The highest BCUT2D eigenvalue weighted by atomic mass is 16.5. The maximum absolute atomic E-state index is 12.3. The van der Waals surface area contributed by atoms with Gasteiger partial charge in [0.2, 0.25) is 0 Å². The van der Waals surface area contributed by atoms with Gasteiger partial charge in [-0.3, -0.25) is 4.79 Å². The van der Waals surface area contributed by atoms with Crippen LogP contribution in [0.5, 0.6) is 11.5 Å². The molecule has 3 rings (SSSR count). The lowest BCUT2D eigenvalue weighted by Gasteiger charge is -2.15. The Labute approximate surface area is 154 Å². The van der Waals surface area contributed by atoms with Crippen molar-refractivity contribution in [2.24, 2.45) is 0 Å². The third-order valence-corrected chi connectivity index (χ3v) is 4.17. The number of ether oxygens (including phenoxy) is 3. The monoisotopic (exact) mass is 355 g/mol. The van der Waals surface area contributed by atoms with Gasteiger partial charge in [0.25, 0.3) is 5.91 Å². The van der Waals surface area contributed by atoms with Crippen LogP contribution in [0.25, 0.3) is 0 Å². The molecule has 0 unspecified atom stereocenters. The minimum atomic E-state index is -0.225. The van der Waals surface area contributed by atoms with E-state index in [1.807, 2.05) is 50.2 Å². The molecule has 1 fully saturated rings. The van der Waals surface area contributed by atoms with E-state index in [1.165, 1.54) is 0 Å². The van der Waals surface area contributed by atoms with E-state index in [4.69, 9.17) is 14.2 Å². The first-order chi connectivity index (χ1) is 12.6. The first-order valence-electron chi connectivity index (χ1n) is 8.94. The summed E-state index contributed by atoms with van der Waals surface area (Å²) in [6.45, 7) is 5.24. The molecule has 0 spiro atoms. The molecule has 1 atom stereocenters. The second-order valence-corrected chi connectivity index (χ2v) is 6.60. The molecule has 1 saturated heterocycles. The number of aryl methyl sites for hydroxylation is 2. The van der Waals surface area contributed by atoms with Crippen molar-refractivity contribution in [1.29, 1.82) is 0 Å². The highest BCUT2D eigenvalue weighted by molar-refractivity contribution is 5.93. The molecule has 5 nitrogen and oxygen atoms in total. The van der Waals surface area contributed by atoms with E-state index in [9.17, 15) is 4.79 Å². The number of nitrogens with one attached hydrogen (secondary N) is 1. The predicted molar refractivity (Wildman–Crippen MR) is 101 cm³/mol. The summed E-state index contributed by atoms with van der Waals surface area (Å²) in [4.78, 5) is 12.3. The zero-order valence-corrected chi connectivity index (χ0v) is 15.3. The number of benzene rings is 2. The van der Waals surface area contributed by atoms with E-state index < -0.39 is 0 Å². The van der Waals surface area contributed by atoms with Gasteiger partial charge in [0.1, 0.15) is 18.1 Å². The van der Waals surface area contributed by atoms with Gasteiger partial charge in [-0.1, -0.05) is 18.2 Å². The van der Waals surface area contributed by atoms with Crippen molar-refractivity contribution in [3.8, 4) is 11.5 Å². The first kappa shape index (κ1) is 18.3. The third kappa shape index (κ3) is 5.23. The lowest BCUT2D eigenvalue weighted by atomic mass is 10.1. The van der Waals surface area contributed by atoms with Gasteiger partial charge in [-0.25, -0.2) is 0 Å². The SMILES string of the molecule is Cc1cc(C)cc(OCC(=O)Nc2ccccc2OC[C@@H]2CCCO2)c1. The van der Waals surface area contributed by atoms with E-state index in [1.54, 1.807) is 0 Å². The Bertz CT molecular complexity index is 733. The van der Waals surface area contributed by atoms with Crippen LogP contribution in [0.3, 0.4) is 0 Å². The molecule has 26 heavy (non-hydrogen) atoms. The summed E-state index contributed by atoms with van der Waals surface area (Å²) in [7, 11) is 0. The largest absolute Gasteiger partial charge is 0.489 e.